The van der Waals surface area contributed by atoms with Crippen molar-refractivity contribution >= 4 is 15.9 Å². The number of carbonyl (C=O) groups excluding carboxylic acids is 1. The van der Waals surface area contributed by atoms with Gasteiger partial charge in [-0.2, -0.15) is 0 Å². The second-order valence-corrected chi connectivity index (χ2v) is 7.09. The quantitative estimate of drug-likeness (QED) is 0.848. The SMILES string of the molecule is Cc1ccc(S(=O)(=O)NCC(=O)NCc2ccccc2)c(C)c1. The molecule has 0 heterocycles. The molecule has 2 aromatic rings. The van der Waals surface area contributed by atoms with E-state index in [0.29, 0.717) is 12.1 Å². The van der Waals surface area contributed by atoms with Crippen molar-refractivity contribution < 1.29 is 13.2 Å². The zero-order valence-electron chi connectivity index (χ0n) is 13.2. The summed E-state index contributed by atoms with van der Waals surface area (Å²) in [5, 5.41) is 2.68. The third-order valence-corrected chi connectivity index (χ3v) is 4.94. The maximum Gasteiger partial charge on any atom is 0.241 e. The van der Waals surface area contributed by atoms with Gasteiger partial charge in [0.15, 0.2) is 0 Å². The van der Waals surface area contributed by atoms with Crippen LogP contribution in [0.15, 0.2) is 53.4 Å². The van der Waals surface area contributed by atoms with Gasteiger partial charge < -0.3 is 5.32 Å². The number of rotatable bonds is 6. The van der Waals surface area contributed by atoms with Crippen LogP contribution in [0.4, 0.5) is 0 Å². The van der Waals surface area contributed by atoms with Crippen LogP contribution in [-0.2, 0) is 21.4 Å². The Kier molecular flexibility index (Phi) is 5.52. The number of carbonyl (C=O) groups is 1. The molecule has 122 valence electrons. The molecule has 5 nitrogen and oxygen atoms in total. The van der Waals surface area contributed by atoms with Crippen LogP contribution in [0.5, 0.6) is 0 Å². The minimum Gasteiger partial charge on any atom is -0.351 e. The van der Waals surface area contributed by atoms with E-state index >= 15 is 0 Å². The second-order valence-electron chi connectivity index (χ2n) is 5.36. The van der Waals surface area contributed by atoms with Crippen molar-refractivity contribution in [2.24, 2.45) is 0 Å². The second kappa shape index (κ2) is 7.39. The predicted molar refractivity (Wildman–Crippen MR) is 89.4 cm³/mol. The highest BCUT2D eigenvalue weighted by Gasteiger charge is 2.17. The van der Waals surface area contributed by atoms with Crippen molar-refractivity contribution in [3.8, 4) is 0 Å². The topological polar surface area (TPSA) is 75.3 Å². The Hall–Kier alpha value is -2.18. The molecule has 0 spiro atoms. The Labute approximate surface area is 136 Å². The minimum absolute atomic E-state index is 0.193. The largest absolute Gasteiger partial charge is 0.351 e. The van der Waals surface area contributed by atoms with Gasteiger partial charge in [-0.15, -0.1) is 0 Å². The van der Waals surface area contributed by atoms with E-state index in [2.05, 4.69) is 10.0 Å². The highest BCUT2D eigenvalue weighted by atomic mass is 32.2. The number of nitrogens with one attached hydrogen (secondary N) is 2. The van der Waals surface area contributed by atoms with Crippen LogP contribution in [0.25, 0.3) is 0 Å². The van der Waals surface area contributed by atoms with Gasteiger partial charge >= 0.3 is 0 Å². The lowest BCUT2D eigenvalue weighted by Crippen LogP contribution is -2.36. The Morgan fingerprint density at radius 2 is 1.74 bits per heavy atom. The maximum atomic E-state index is 12.3. The highest BCUT2D eigenvalue weighted by Crippen LogP contribution is 2.15. The highest BCUT2D eigenvalue weighted by molar-refractivity contribution is 7.89. The summed E-state index contributed by atoms with van der Waals surface area (Å²) in [5.41, 5.74) is 2.60. The molecule has 0 fully saturated rings. The lowest BCUT2D eigenvalue weighted by atomic mass is 10.2. The van der Waals surface area contributed by atoms with Gasteiger partial charge in [0.2, 0.25) is 15.9 Å². The van der Waals surface area contributed by atoms with Gasteiger partial charge in [-0.05, 0) is 31.0 Å². The van der Waals surface area contributed by atoms with E-state index in [0.717, 1.165) is 11.1 Å². The molecule has 6 heteroatoms. The van der Waals surface area contributed by atoms with Gasteiger partial charge in [0.25, 0.3) is 0 Å². The van der Waals surface area contributed by atoms with Gasteiger partial charge in [-0.3, -0.25) is 4.79 Å². The summed E-state index contributed by atoms with van der Waals surface area (Å²) >= 11 is 0. The zero-order chi connectivity index (χ0) is 16.9. The molecule has 0 atom stereocenters. The summed E-state index contributed by atoms with van der Waals surface area (Å²) < 4.78 is 26.8. The van der Waals surface area contributed by atoms with Gasteiger partial charge in [0, 0.05) is 6.54 Å². The number of hydrogen-bond donors (Lipinski definition) is 2. The standard InChI is InChI=1S/C17H20N2O3S/c1-13-8-9-16(14(2)10-13)23(21,22)19-12-17(20)18-11-15-6-4-3-5-7-15/h3-10,19H,11-12H2,1-2H3,(H,18,20). The van der Waals surface area contributed by atoms with E-state index in [1.807, 2.05) is 37.3 Å². The van der Waals surface area contributed by atoms with Gasteiger partial charge in [-0.25, -0.2) is 13.1 Å². The van der Waals surface area contributed by atoms with E-state index in [4.69, 9.17) is 0 Å². The summed E-state index contributed by atoms with van der Waals surface area (Å²) in [4.78, 5) is 12.0. The van der Waals surface area contributed by atoms with Crippen molar-refractivity contribution in [2.45, 2.75) is 25.3 Å². The molecule has 0 aliphatic carbocycles. The number of amides is 1. The van der Waals surface area contributed by atoms with Crippen LogP contribution in [0.3, 0.4) is 0 Å². The summed E-state index contributed by atoms with van der Waals surface area (Å²) in [6.07, 6.45) is 0. The van der Waals surface area contributed by atoms with Crippen molar-refractivity contribution in [2.75, 3.05) is 6.54 Å². The van der Waals surface area contributed by atoms with Crippen LogP contribution in [-0.4, -0.2) is 20.9 Å². The normalized spacial score (nSPS) is 11.2. The number of hydrogen-bond acceptors (Lipinski definition) is 3. The first-order valence-corrected chi connectivity index (χ1v) is 8.74. The molecule has 2 rings (SSSR count). The van der Waals surface area contributed by atoms with Crippen LogP contribution in [0.2, 0.25) is 0 Å². The van der Waals surface area contributed by atoms with Gasteiger partial charge in [0.1, 0.15) is 0 Å². The third kappa shape index (κ3) is 4.91. The van der Waals surface area contributed by atoms with Crippen LogP contribution in [0, 0.1) is 13.8 Å². The molecule has 0 saturated heterocycles. The average molecular weight is 332 g/mol. The monoisotopic (exact) mass is 332 g/mol. The Morgan fingerprint density at radius 3 is 2.39 bits per heavy atom. The Bertz CT molecular complexity index is 787. The van der Waals surface area contributed by atoms with Crippen molar-refractivity contribution in [1.29, 1.82) is 0 Å². The van der Waals surface area contributed by atoms with Crippen LogP contribution < -0.4 is 10.0 Å². The number of benzene rings is 2. The third-order valence-electron chi connectivity index (χ3n) is 3.38. The summed E-state index contributed by atoms with van der Waals surface area (Å²) in [5.74, 6) is -0.373. The maximum absolute atomic E-state index is 12.3. The first-order chi connectivity index (χ1) is 10.9. The summed E-state index contributed by atoms with van der Waals surface area (Å²) in [7, 11) is -3.70. The molecular formula is C17H20N2O3S. The summed E-state index contributed by atoms with van der Waals surface area (Å²) in [6, 6.07) is 14.5. The Morgan fingerprint density at radius 1 is 1.04 bits per heavy atom. The molecule has 0 aliphatic rings. The molecule has 0 unspecified atom stereocenters. The minimum atomic E-state index is -3.70. The summed E-state index contributed by atoms with van der Waals surface area (Å²) in [6.45, 7) is 3.71. The fourth-order valence-electron chi connectivity index (χ4n) is 2.20. The van der Waals surface area contributed by atoms with E-state index in [1.54, 1.807) is 25.1 Å². The molecule has 0 aliphatic heterocycles. The molecule has 2 N–H and O–H groups in total. The predicted octanol–water partition coefficient (Wildman–Crippen LogP) is 1.90. The lowest BCUT2D eigenvalue weighted by molar-refractivity contribution is -0.120. The van der Waals surface area contributed by atoms with E-state index in [9.17, 15) is 13.2 Å². The lowest BCUT2D eigenvalue weighted by Gasteiger charge is -2.10. The van der Waals surface area contributed by atoms with Crippen molar-refractivity contribution in [3.05, 3.63) is 65.2 Å². The Balaban J connectivity index is 1.92. The molecule has 0 bridgehead atoms. The molecule has 1 amide bonds. The van der Waals surface area contributed by atoms with Gasteiger partial charge in [0.05, 0.1) is 11.4 Å². The zero-order valence-corrected chi connectivity index (χ0v) is 14.0. The average Bonchev–Trinajstić information content (AvgIpc) is 2.51. The van der Waals surface area contributed by atoms with Crippen molar-refractivity contribution in [1.82, 2.24) is 10.0 Å². The fourth-order valence-corrected chi connectivity index (χ4v) is 3.40. The fraction of sp³-hybridized carbons (Fsp3) is 0.235. The molecule has 2 aromatic carbocycles. The van der Waals surface area contributed by atoms with E-state index in [1.165, 1.54) is 0 Å². The number of sulfonamides is 1. The van der Waals surface area contributed by atoms with Crippen LogP contribution >= 0.6 is 0 Å². The van der Waals surface area contributed by atoms with Gasteiger partial charge in [-0.1, -0.05) is 48.0 Å². The first-order valence-electron chi connectivity index (χ1n) is 7.26. The number of aryl methyl sites for hydroxylation is 2. The van der Waals surface area contributed by atoms with E-state index < -0.39 is 10.0 Å². The van der Waals surface area contributed by atoms with E-state index in [-0.39, 0.29) is 17.3 Å². The molecular weight excluding hydrogens is 312 g/mol. The molecule has 23 heavy (non-hydrogen) atoms. The molecule has 0 radical (unpaired) electrons. The van der Waals surface area contributed by atoms with Crippen LogP contribution in [0.1, 0.15) is 16.7 Å². The smallest absolute Gasteiger partial charge is 0.241 e. The van der Waals surface area contributed by atoms with Crippen molar-refractivity contribution in [3.63, 3.8) is 0 Å². The molecule has 0 saturated carbocycles. The first kappa shape index (κ1) is 17.2. The molecule has 0 aromatic heterocycles.